The van der Waals surface area contributed by atoms with Crippen LogP contribution < -0.4 is 10.6 Å². The average molecular weight is 525 g/mol. The van der Waals surface area contributed by atoms with E-state index >= 15 is 0 Å². The molecule has 0 unspecified atom stereocenters. The highest BCUT2D eigenvalue weighted by Crippen LogP contribution is 2.36. The molecule has 0 spiro atoms. The van der Waals surface area contributed by atoms with Gasteiger partial charge in [0.2, 0.25) is 5.91 Å². The van der Waals surface area contributed by atoms with Crippen LogP contribution in [0.4, 0.5) is 5.69 Å². The SMILES string of the molecule is O=C(N[C@H](Cc1cscn1)C(=O)N[C@@H](CC1CCCCC1)[C@@H](O)[C@@H](O)C1CC1)C1=Nc2ccccc2C1. The van der Waals surface area contributed by atoms with Crippen molar-refractivity contribution in [1.29, 1.82) is 0 Å². The first kappa shape index (κ1) is 26.0. The summed E-state index contributed by atoms with van der Waals surface area (Å²) in [5.74, 6) is -0.263. The second-order valence-electron chi connectivity index (χ2n) is 10.7. The zero-order valence-electron chi connectivity index (χ0n) is 21.0. The van der Waals surface area contributed by atoms with E-state index in [1.165, 1.54) is 17.8 Å². The molecule has 2 amide bonds. The number of aliphatic hydroxyl groups is 2. The molecular formula is C28H36N4O4S. The van der Waals surface area contributed by atoms with Gasteiger partial charge < -0.3 is 20.8 Å². The lowest BCUT2D eigenvalue weighted by Crippen LogP contribution is -2.56. The van der Waals surface area contributed by atoms with Crippen LogP contribution in [-0.2, 0) is 22.4 Å². The van der Waals surface area contributed by atoms with Crippen LogP contribution in [0.3, 0.4) is 0 Å². The van der Waals surface area contributed by atoms with Gasteiger partial charge in [0.25, 0.3) is 5.91 Å². The number of nitrogens with one attached hydrogen (secondary N) is 2. The van der Waals surface area contributed by atoms with Crippen LogP contribution in [0.1, 0.15) is 62.6 Å². The molecule has 1 aliphatic heterocycles. The van der Waals surface area contributed by atoms with Crippen molar-refractivity contribution in [3.63, 3.8) is 0 Å². The summed E-state index contributed by atoms with van der Waals surface area (Å²) in [4.78, 5) is 35.6. The Hall–Kier alpha value is -2.62. The van der Waals surface area contributed by atoms with Crippen molar-refractivity contribution in [2.24, 2.45) is 16.8 Å². The van der Waals surface area contributed by atoms with Gasteiger partial charge in [0.15, 0.2) is 0 Å². The third kappa shape index (κ3) is 6.64. The molecule has 198 valence electrons. The van der Waals surface area contributed by atoms with Gasteiger partial charge in [0.05, 0.1) is 29.0 Å². The summed E-state index contributed by atoms with van der Waals surface area (Å²) in [6, 6.07) is 6.17. The highest BCUT2D eigenvalue weighted by atomic mass is 32.1. The number of hydrogen-bond acceptors (Lipinski definition) is 7. The molecule has 3 aliphatic rings. The van der Waals surface area contributed by atoms with Crippen LogP contribution in [0.25, 0.3) is 0 Å². The molecule has 0 saturated heterocycles. The van der Waals surface area contributed by atoms with Crippen molar-refractivity contribution >= 4 is 34.6 Å². The van der Waals surface area contributed by atoms with Crippen molar-refractivity contribution in [3.05, 3.63) is 46.4 Å². The highest BCUT2D eigenvalue weighted by Gasteiger charge is 2.40. The van der Waals surface area contributed by atoms with E-state index in [2.05, 4.69) is 20.6 Å². The maximum Gasteiger partial charge on any atom is 0.266 e. The highest BCUT2D eigenvalue weighted by molar-refractivity contribution is 7.07. The number of aliphatic hydroxyl groups excluding tert-OH is 2. The number of nitrogens with zero attached hydrogens (tertiary/aromatic N) is 2. The van der Waals surface area contributed by atoms with E-state index in [0.717, 1.165) is 49.8 Å². The fourth-order valence-electron chi connectivity index (χ4n) is 5.57. The van der Waals surface area contributed by atoms with Crippen LogP contribution in [0.15, 0.2) is 40.1 Å². The average Bonchev–Trinajstić information content (AvgIpc) is 3.45. The van der Waals surface area contributed by atoms with Gasteiger partial charge >= 0.3 is 0 Å². The number of hydrogen-bond donors (Lipinski definition) is 4. The Morgan fingerprint density at radius 3 is 2.54 bits per heavy atom. The van der Waals surface area contributed by atoms with Gasteiger partial charge in [-0.25, -0.2) is 9.98 Å². The molecule has 1 aromatic heterocycles. The molecule has 9 heteroatoms. The number of aromatic nitrogens is 1. The molecule has 5 rings (SSSR count). The number of aliphatic imine (C=N–C) groups is 1. The van der Waals surface area contributed by atoms with Gasteiger partial charge in [-0.2, -0.15) is 0 Å². The first-order chi connectivity index (χ1) is 18.0. The molecule has 1 aromatic carbocycles. The van der Waals surface area contributed by atoms with E-state index in [4.69, 9.17) is 0 Å². The van der Waals surface area contributed by atoms with Crippen LogP contribution in [0, 0.1) is 11.8 Å². The van der Waals surface area contributed by atoms with Crippen LogP contribution >= 0.6 is 11.3 Å². The number of para-hydroxylation sites is 1. The van der Waals surface area contributed by atoms with Crippen molar-refractivity contribution in [1.82, 2.24) is 15.6 Å². The molecule has 4 atom stereocenters. The molecule has 37 heavy (non-hydrogen) atoms. The second-order valence-corrected chi connectivity index (χ2v) is 11.5. The minimum absolute atomic E-state index is 0.0910. The maximum atomic E-state index is 13.6. The number of amides is 2. The lowest BCUT2D eigenvalue weighted by Gasteiger charge is -2.33. The number of carbonyl (C=O) groups excluding carboxylic acids is 2. The van der Waals surface area contributed by atoms with Gasteiger partial charge in [-0.1, -0.05) is 50.3 Å². The standard InChI is InChI=1S/C28H36N4O4S/c33-25(18-10-11-18)26(34)22(12-17-6-2-1-3-7-17)31-28(36)24(14-20-15-37-16-29-20)32-27(35)23-13-19-8-4-5-9-21(19)30-23/h4-5,8-9,15-18,22,24-26,33-34H,1-3,6-7,10-14H2,(H,31,36)(H,32,35)/t22-,24+,25-,26+/m0/s1. The summed E-state index contributed by atoms with van der Waals surface area (Å²) in [6.45, 7) is 0. The third-order valence-corrected chi connectivity index (χ3v) is 8.53. The number of thiazole rings is 1. The minimum Gasteiger partial charge on any atom is -0.390 e. The Balaban J connectivity index is 1.30. The molecule has 0 radical (unpaired) electrons. The van der Waals surface area contributed by atoms with Crippen molar-refractivity contribution < 1.29 is 19.8 Å². The van der Waals surface area contributed by atoms with E-state index < -0.39 is 24.3 Å². The zero-order valence-corrected chi connectivity index (χ0v) is 21.8. The summed E-state index contributed by atoms with van der Waals surface area (Å²) < 4.78 is 0. The lowest BCUT2D eigenvalue weighted by molar-refractivity contribution is -0.128. The van der Waals surface area contributed by atoms with Gasteiger partial charge in [0.1, 0.15) is 17.9 Å². The normalized spacial score (nSPS) is 20.9. The Morgan fingerprint density at radius 2 is 1.84 bits per heavy atom. The first-order valence-corrected chi connectivity index (χ1v) is 14.4. The maximum absolute atomic E-state index is 13.6. The fourth-order valence-corrected chi connectivity index (χ4v) is 6.14. The van der Waals surface area contributed by atoms with E-state index in [9.17, 15) is 19.8 Å². The second kappa shape index (κ2) is 11.8. The van der Waals surface area contributed by atoms with Gasteiger partial charge in [0, 0.05) is 18.2 Å². The summed E-state index contributed by atoms with van der Waals surface area (Å²) >= 11 is 1.43. The number of benzene rings is 1. The monoisotopic (exact) mass is 524 g/mol. The largest absolute Gasteiger partial charge is 0.390 e. The Labute approximate surface area is 221 Å². The molecule has 0 bridgehead atoms. The number of rotatable bonds is 11. The fraction of sp³-hybridized carbons (Fsp3) is 0.571. The summed E-state index contributed by atoms with van der Waals surface area (Å²) in [5, 5.41) is 29.5. The molecular weight excluding hydrogens is 488 g/mol. The van der Waals surface area contributed by atoms with Crippen LogP contribution in [0.5, 0.6) is 0 Å². The third-order valence-electron chi connectivity index (χ3n) is 7.89. The summed E-state index contributed by atoms with van der Waals surface area (Å²) in [7, 11) is 0. The van der Waals surface area contributed by atoms with Gasteiger partial charge in [-0.05, 0) is 42.7 Å². The summed E-state index contributed by atoms with van der Waals surface area (Å²) in [5.41, 5.74) is 4.55. The van der Waals surface area contributed by atoms with Gasteiger partial charge in [-0.15, -0.1) is 11.3 Å². The quantitative estimate of drug-likeness (QED) is 0.360. The molecule has 4 N–H and O–H groups in total. The Morgan fingerprint density at radius 1 is 1.05 bits per heavy atom. The molecule has 2 saturated carbocycles. The van der Waals surface area contributed by atoms with E-state index in [1.807, 2.05) is 29.6 Å². The summed E-state index contributed by atoms with van der Waals surface area (Å²) in [6.07, 6.45) is 6.84. The topological polar surface area (TPSA) is 124 Å². The molecule has 2 heterocycles. The first-order valence-electron chi connectivity index (χ1n) is 13.5. The van der Waals surface area contributed by atoms with Crippen LogP contribution in [0.2, 0.25) is 0 Å². The lowest BCUT2D eigenvalue weighted by atomic mass is 9.82. The van der Waals surface area contributed by atoms with Crippen LogP contribution in [-0.4, -0.2) is 57.0 Å². The smallest absolute Gasteiger partial charge is 0.266 e. The van der Waals surface area contributed by atoms with E-state index in [-0.39, 0.29) is 24.2 Å². The van der Waals surface area contributed by atoms with E-state index in [0.29, 0.717) is 30.2 Å². The van der Waals surface area contributed by atoms with Crippen molar-refractivity contribution in [3.8, 4) is 0 Å². The number of fused-ring (bicyclic) bond motifs is 1. The molecule has 2 aromatic rings. The van der Waals surface area contributed by atoms with Gasteiger partial charge in [-0.3, -0.25) is 9.59 Å². The Bertz CT molecular complexity index is 1110. The Kier molecular flexibility index (Phi) is 8.32. The number of carbonyl (C=O) groups is 2. The zero-order chi connectivity index (χ0) is 25.8. The predicted molar refractivity (Wildman–Crippen MR) is 143 cm³/mol. The predicted octanol–water partition coefficient (Wildman–Crippen LogP) is 3.09. The molecule has 2 aliphatic carbocycles. The molecule has 2 fully saturated rings. The molecule has 8 nitrogen and oxygen atoms in total. The van der Waals surface area contributed by atoms with Crippen molar-refractivity contribution in [2.75, 3.05) is 0 Å². The van der Waals surface area contributed by atoms with E-state index in [1.54, 1.807) is 5.51 Å². The minimum atomic E-state index is -1.04. The van der Waals surface area contributed by atoms with Crippen molar-refractivity contribution in [2.45, 2.75) is 88.5 Å².